The molecule has 1 aliphatic heterocycles. The fourth-order valence-corrected chi connectivity index (χ4v) is 4.49. The molecule has 4 aromatic heterocycles. The van der Waals surface area contributed by atoms with Crippen LogP contribution in [0.5, 0.6) is 0 Å². The van der Waals surface area contributed by atoms with Gasteiger partial charge >= 0.3 is 0 Å². The molecule has 0 bridgehead atoms. The Morgan fingerprint density at radius 3 is 2.76 bits per heavy atom. The average Bonchev–Trinajstić information content (AvgIpc) is 3.46. The van der Waals surface area contributed by atoms with Crippen molar-refractivity contribution < 1.29 is 4.79 Å². The van der Waals surface area contributed by atoms with Gasteiger partial charge in [-0.3, -0.25) is 9.36 Å². The molecule has 0 radical (unpaired) electrons. The monoisotopic (exact) mass is 406 g/mol. The molecule has 0 spiro atoms. The third kappa shape index (κ3) is 3.14. The zero-order valence-electron chi connectivity index (χ0n) is 16.4. The molecule has 1 saturated heterocycles. The van der Waals surface area contributed by atoms with Crippen molar-refractivity contribution in [2.45, 2.75) is 6.92 Å². The Morgan fingerprint density at radius 2 is 2.00 bits per heavy atom. The predicted molar refractivity (Wildman–Crippen MR) is 114 cm³/mol. The van der Waals surface area contributed by atoms with Crippen molar-refractivity contribution in [3.05, 3.63) is 59.6 Å². The zero-order chi connectivity index (χ0) is 20.0. The van der Waals surface area contributed by atoms with Crippen molar-refractivity contribution in [2.75, 3.05) is 33.2 Å². The Morgan fingerprint density at radius 1 is 1.17 bits per heavy atom. The molecular weight excluding hydrogens is 384 g/mol. The van der Waals surface area contributed by atoms with Crippen LogP contribution in [0, 0.1) is 6.92 Å². The number of aryl methyl sites for hydroxylation is 1. The number of pyridine rings is 1. The molecule has 1 aliphatic rings. The number of rotatable bonds is 3. The second kappa shape index (κ2) is 7.13. The van der Waals surface area contributed by atoms with Crippen LogP contribution < -0.4 is 0 Å². The molecule has 7 nitrogen and oxygen atoms in total. The van der Waals surface area contributed by atoms with Crippen LogP contribution in [0.2, 0.25) is 0 Å². The van der Waals surface area contributed by atoms with Crippen LogP contribution in [0.4, 0.5) is 0 Å². The molecule has 0 atom stereocenters. The van der Waals surface area contributed by atoms with Crippen molar-refractivity contribution in [2.24, 2.45) is 0 Å². The van der Waals surface area contributed by atoms with Gasteiger partial charge in [-0.15, -0.1) is 11.3 Å². The van der Waals surface area contributed by atoms with Crippen LogP contribution in [-0.2, 0) is 0 Å². The van der Waals surface area contributed by atoms with Crippen molar-refractivity contribution >= 4 is 22.8 Å². The number of likely N-dealkylation sites (N-methyl/N-ethyl adjacent to an activating group) is 1. The number of hydrogen-bond acceptors (Lipinski definition) is 5. The average molecular weight is 407 g/mol. The minimum absolute atomic E-state index is 0.0872. The summed E-state index contributed by atoms with van der Waals surface area (Å²) in [4.78, 5) is 26.6. The number of aromatic nitrogens is 4. The number of hydrogen-bond donors (Lipinski definition) is 0. The summed E-state index contributed by atoms with van der Waals surface area (Å²) in [5.74, 6) is 0.955. The van der Waals surface area contributed by atoms with E-state index in [0.29, 0.717) is 0 Å². The summed E-state index contributed by atoms with van der Waals surface area (Å²) < 4.78 is 4.04. The van der Waals surface area contributed by atoms with Gasteiger partial charge in [0.15, 0.2) is 5.13 Å². The first-order valence-electron chi connectivity index (χ1n) is 9.66. The van der Waals surface area contributed by atoms with E-state index in [1.165, 1.54) is 0 Å². The van der Waals surface area contributed by atoms with E-state index in [-0.39, 0.29) is 5.91 Å². The first-order valence-corrected chi connectivity index (χ1v) is 10.5. The highest BCUT2D eigenvalue weighted by atomic mass is 32.1. The highest BCUT2D eigenvalue weighted by Gasteiger charge is 2.25. The number of piperazine rings is 1. The lowest BCUT2D eigenvalue weighted by Gasteiger charge is -2.32. The lowest BCUT2D eigenvalue weighted by molar-refractivity contribution is 0.0666. The largest absolute Gasteiger partial charge is 0.336 e. The smallest absolute Gasteiger partial charge is 0.256 e. The minimum atomic E-state index is 0.0872. The molecule has 0 saturated carbocycles. The number of fused-ring (bicyclic) bond motifs is 1. The molecule has 0 unspecified atom stereocenters. The second-order valence-electron chi connectivity index (χ2n) is 7.35. The normalized spacial score (nSPS) is 15.3. The van der Waals surface area contributed by atoms with Crippen LogP contribution in [0.3, 0.4) is 0 Å². The van der Waals surface area contributed by atoms with Gasteiger partial charge in [0, 0.05) is 50.1 Å². The first kappa shape index (κ1) is 18.1. The maximum absolute atomic E-state index is 13.3. The highest BCUT2D eigenvalue weighted by molar-refractivity contribution is 7.12. The topological polar surface area (TPSA) is 58.7 Å². The summed E-state index contributed by atoms with van der Waals surface area (Å²) in [5.41, 5.74) is 3.38. The molecule has 0 aliphatic carbocycles. The van der Waals surface area contributed by atoms with Gasteiger partial charge < -0.3 is 14.2 Å². The van der Waals surface area contributed by atoms with E-state index in [1.807, 2.05) is 58.4 Å². The maximum Gasteiger partial charge on any atom is 0.256 e. The molecule has 8 heteroatoms. The molecule has 29 heavy (non-hydrogen) atoms. The van der Waals surface area contributed by atoms with Crippen molar-refractivity contribution in [3.8, 4) is 16.5 Å². The van der Waals surface area contributed by atoms with E-state index >= 15 is 0 Å². The first-order chi connectivity index (χ1) is 14.1. The lowest BCUT2D eigenvalue weighted by atomic mass is 10.2. The lowest BCUT2D eigenvalue weighted by Crippen LogP contribution is -2.47. The summed E-state index contributed by atoms with van der Waals surface area (Å²) in [5, 5.41) is 2.84. The summed E-state index contributed by atoms with van der Waals surface area (Å²) in [6.07, 6.45) is 5.77. The van der Waals surface area contributed by atoms with Gasteiger partial charge in [-0.25, -0.2) is 9.97 Å². The van der Waals surface area contributed by atoms with E-state index < -0.39 is 0 Å². The van der Waals surface area contributed by atoms with Gasteiger partial charge in [-0.05, 0) is 32.2 Å². The summed E-state index contributed by atoms with van der Waals surface area (Å²) in [7, 11) is 2.09. The quantitative estimate of drug-likeness (QED) is 0.525. The predicted octanol–water partition coefficient (Wildman–Crippen LogP) is 2.94. The molecule has 1 fully saturated rings. The third-order valence-electron chi connectivity index (χ3n) is 5.47. The van der Waals surface area contributed by atoms with E-state index in [9.17, 15) is 4.79 Å². The number of carbonyl (C=O) groups excluding carboxylic acids is 1. The minimum Gasteiger partial charge on any atom is -0.336 e. The van der Waals surface area contributed by atoms with Gasteiger partial charge in [0.2, 0.25) is 0 Å². The van der Waals surface area contributed by atoms with Gasteiger partial charge in [-0.2, -0.15) is 0 Å². The highest BCUT2D eigenvalue weighted by Crippen LogP contribution is 2.28. The summed E-state index contributed by atoms with van der Waals surface area (Å²) >= 11 is 1.57. The van der Waals surface area contributed by atoms with Gasteiger partial charge in [0.05, 0.1) is 16.8 Å². The molecule has 1 amide bonds. The number of nitrogens with zero attached hydrogens (tertiary/aromatic N) is 6. The SMILES string of the molecule is Cc1nc(-c2cc(C(=O)N3CCN(C)CC3)c3ccccn23)cn1-c1nccs1. The Kier molecular flexibility index (Phi) is 4.44. The van der Waals surface area contributed by atoms with Crippen LogP contribution in [-0.4, -0.2) is 67.9 Å². The molecule has 5 heterocycles. The number of carbonyl (C=O) groups is 1. The van der Waals surface area contributed by atoms with Crippen LogP contribution >= 0.6 is 11.3 Å². The van der Waals surface area contributed by atoms with Crippen LogP contribution in [0.25, 0.3) is 22.0 Å². The van der Waals surface area contributed by atoms with Gasteiger partial charge in [-0.1, -0.05) is 6.07 Å². The number of imidazole rings is 1. The molecule has 148 valence electrons. The maximum atomic E-state index is 13.3. The summed E-state index contributed by atoms with van der Waals surface area (Å²) in [6.45, 7) is 5.29. The van der Waals surface area contributed by atoms with Crippen molar-refractivity contribution in [1.29, 1.82) is 0 Å². The number of thiazole rings is 1. The zero-order valence-corrected chi connectivity index (χ0v) is 17.3. The standard InChI is InChI=1S/C21H22N6OS/c1-15-23-17(14-27(15)21-22-6-12-29-21)19-13-16(18-5-3-4-7-26(18)19)20(28)25-10-8-24(2)9-11-25/h3-7,12-14H,8-11H2,1-2H3. The van der Waals surface area contributed by atoms with E-state index in [0.717, 1.165) is 59.6 Å². The van der Waals surface area contributed by atoms with Crippen molar-refractivity contribution in [1.82, 2.24) is 28.7 Å². The Balaban J connectivity index is 1.58. The fraction of sp³-hybridized carbons (Fsp3) is 0.286. The Labute approximate surface area is 172 Å². The molecule has 5 rings (SSSR count). The molecular formula is C21H22N6OS. The fourth-order valence-electron chi connectivity index (χ4n) is 3.83. The van der Waals surface area contributed by atoms with Crippen LogP contribution in [0.1, 0.15) is 16.2 Å². The Bertz CT molecular complexity index is 1170. The van der Waals surface area contributed by atoms with E-state index in [2.05, 4.69) is 21.3 Å². The van der Waals surface area contributed by atoms with E-state index in [1.54, 1.807) is 17.5 Å². The van der Waals surface area contributed by atoms with Gasteiger partial charge in [0.25, 0.3) is 5.91 Å². The third-order valence-corrected chi connectivity index (χ3v) is 6.24. The van der Waals surface area contributed by atoms with E-state index in [4.69, 9.17) is 4.98 Å². The molecule has 0 N–H and O–H groups in total. The second-order valence-corrected chi connectivity index (χ2v) is 8.23. The van der Waals surface area contributed by atoms with Crippen LogP contribution in [0.15, 0.2) is 48.2 Å². The molecule has 4 aromatic rings. The number of amides is 1. The molecule has 0 aromatic carbocycles. The van der Waals surface area contributed by atoms with Crippen molar-refractivity contribution in [3.63, 3.8) is 0 Å². The Hall–Kier alpha value is -2.97. The summed E-state index contributed by atoms with van der Waals surface area (Å²) in [6, 6.07) is 7.92. The van der Waals surface area contributed by atoms with Gasteiger partial charge in [0.1, 0.15) is 11.5 Å².